The number of anilines is 2. The lowest BCUT2D eigenvalue weighted by Crippen LogP contribution is -2.21. The second-order valence-electron chi connectivity index (χ2n) is 6.35. The largest absolute Gasteiger partial charge is 0.507 e. The maximum Gasteiger partial charge on any atom is 0.342 e. The van der Waals surface area contributed by atoms with E-state index in [1.165, 1.54) is 18.2 Å². The Hall–Kier alpha value is -2.64. The molecule has 3 rings (SSSR count). The van der Waals surface area contributed by atoms with Gasteiger partial charge in [-0.05, 0) is 76.9 Å². The minimum Gasteiger partial charge on any atom is -0.507 e. The quantitative estimate of drug-likeness (QED) is 0.291. The molecule has 0 fully saturated rings. The number of amides is 1. The molecule has 31 heavy (non-hydrogen) atoms. The number of hydrogen-bond donors (Lipinski definition) is 3. The summed E-state index contributed by atoms with van der Waals surface area (Å²) in [5, 5.41) is 14.4. The van der Waals surface area contributed by atoms with Gasteiger partial charge in [0, 0.05) is 15.3 Å². The number of rotatable bonds is 7. The number of nitrogens with one attached hydrogen (secondary N) is 2. The van der Waals surface area contributed by atoms with Crippen LogP contribution in [0.2, 0.25) is 0 Å². The second-order valence-corrected chi connectivity index (χ2v) is 10.5. The van der Waals surface area contributed by atoms with E-state index >= 15 is 0 Å². The third-order valence-electron chi connectivity index (χ3n) is 4.03. The van der Waals surface area contributed by atoms with Crippen molar-refractivity contribution >= 4 is 67.2 Å². The molecule has 3 aromatic rings. The summed E-state index contributed by atoms with van der Waals surface area (Å²) < 4.78 is 32.9. The number of phenolic OH excluding ortho intramolecular Hbond substituents is 1. The summed E-state index contributed by atoms with van der Waals surface area (Å²) in [6.45, 7) is 1.30. The van der Waals surface area contributed by atoms with Crippen LogP contribution in [0.25, 0.3) is 0 Å². The highest BCUT2D eigenvalue weighted by Crippen LogP contribution is 2.26. The molecule has 8 nitrogen and oxygen atoms in total. The van der Waals surface area contributed by atoms with Crippen molar-refractivity contribution in [2.75, 3.05) is 16.6 Å². The van der Waals surface area contributed by atoms with Crippen LogP contribution in [0.3, 0.4) is 0 Å². The Bertz CT molecular complexity index is 1230. The molecule has 3 N–H and O–H groups in total. The molecule has 0 unspecified atom stereocenters. The van der Waals surface area contributed by atoms with Crippen molar-refractivity contribution in [1.29, 1.82) is 0 Å². The fraction of sp³-hybridized carbons (Fsp3) is 0.100. The Morgan fingerprint density at radius 3 is 2.58 bits per heavy atom. The zero-order valence-electron chi connectivity index (χ0n) is 16.1. The lowest BCUT2D eigenvalue weighted by Gasteiger charge is -2.11. The predicted octanol–water partition coefficient (Wildman–Crippen LogP) is 3.96. The highest BCUT2D eigenvalue weighted by atomic mass is 127. The Labute approximate surface area is 196 Å². The first-order valence-electron chi connectivity index (χ1n) is 8.78. The van der Waals surface area contributed by atoms with E-state index in [2.05, 4.69) is 32.6 Å². The molecular formula is C20H17IN2O6S2. The average molecular weight is 572 g/mol. The summed E-state index contributed by atoms with van der Waals surface area (Å²) in [5.74, 6) is -1.93. The maximum absolute atomic E-state index is 12.2. The van der Waals surface area contributed by atoms with Crippen LogP contribution in [-0.4, -0.2) is 32.0 Å². The van der Waals surface area contributed by atoms with E-state index < -0.39 is 34.3 Å². The van der Waals surface area contributed by atoms with Crippen LogP contribution < -0.4 is 10.0 Å². The average Bonchev–Trinajstić information content (AvgIpc) is 3.24. The van der Waals surface area contributed by atoms with Crippen LogP contribution in [0.4, 0.5) is 11.4 Å². The third-order valence-corrected chi connectivity index (χ3v) is 7.48. The number of sulfonamides is 1. The van der Waals surface area contributed by atoms with Crippen molar-refractivity contribution < 1.29 is 27.9 Å². The van der Waals surface area contributed by atoms with E-state index in [4.69, 9.17) is 4.74 Å². The van der Waals surface area contributed by atoms with E-state index in [1.54, 1.807) is 17.5 Å². The maximum atomic E-state index is 12.2. The van der Waals surface area contributed by atoms with Gasteiger partial charge in [0.05, 0.1) is 5.69 Å². The molecule has 162 valence electrons. The highest BCUT2D eigenvalue weighted by molar-refractivity contribution is 14.1. The summed E-state index contributed by atoms with van der Waals surface area (Å²) in [6, 6.07) is 12.2. The van der Waals surface area contributed by atoms with Crippen molar-refractivity contribution in [2.24, 2.45) is 0 Å². The molecule has 0 spiro atoms. The first kappa shape index (κ1) is 23.0. The normalized spacial score (nSPS) is 11.0. The first-order chi connectivity index (χ1) is 14.7. The number of carbonyl (C=O) groups is 2. The number of hydrogen-bond acceptors (Lipinski definition) is 7. The molecule has 0 atom stereocenters. The van der Waals surface area contributed by atoms with Gasteiger partial charge in [0.25, 0.3) is 15.9 Å². The predicted molar refractivity (Wildman–Crippen MR) is 126 cm³/mol. The van der Waals surface area contributed by atoms with Crippen LogP contribution in [-0.2, 0) is 19.6 Å². The molecule has 11 heteroatoms. The van der Waals surface area contributed by atoms with Gasteiger partial charge in [-0.15, -0.1) is 11.3 Å². The summed E-state index contributed by atoms with van der Waals surface area (Å²) >= 11 is 3.21. The molecule has 0 saturated carbocycles. The van der Waals surface area contributed by atoms with Crippen LogP contribution in [0.15, 0.2) is 58.1 Å². The molecule has 0 saturated heterocycles. The molecule has 0 bridgehead atoms. The topological polar surface area (TPSA) is 122 Å². The van der Waals surface area contributed by atoms with E-state index in [9.17, 15) is 23.1 Å². The third kappa shape index (κ3) is 5.95. The van der Waals surface area contributed by atoms with Crippen molar-refractivity contribution in [2.45, 2.75) is 11.1 Å². The van der Waals surface area contributed by atoms with Crippen LogP contribution in [0.1, 0.15) is 15.9 Å². The number of esters is 1. The molecule has 0 aliphatic rings. The van der Waals surface area contributed by atoms with Crippen molar-refractivity contribution in [3.63, 3.8) is 0 Å². The van der Waals surface area contributed by atoms with Gasteiger partial charge < -0.3 is 15.2 Å². The number of carbonyl (C=O) groups excluding carboxylic acids is 2. The van der Waals surface area contributed by atoms with Gasteiger partial charge in [0.1, 0.15) is 15.5 Å². The number of ether oxygens (including phenoxy) is 1. The molecule has 0 aliphatic heterocycles. The Morgan fingerprint density at radius 1 is 1.16 bits per heavy atom. The fourth-order valence-electron chi connectivity index (χ4n) is 2.55. The van der Waals surface area contributed by atoms with Crippen molar-refractivity contribution in [3.05, 3.63) is 68.6 Å². The Kier molecular flexibility index (Phi) is 7.18. The zero-order chi connectivity index (χ0) is 22.6. The van der Waals surface area contributed by atoms with Gasteiger partial charge in [-0.1, -0.05) is 6.07 Å². The number of halogens is 1. The Morgan fingerprint density at radius 2 is 1.94 bits per heavy atom. The van der Waals surface area contributed by atoms with Gasteiger partial charge in [-0.3, -0.25) is 9.52 Å². The van der Waals surface area contributed by atoms with Crippen LogP contribution >= 0.6 is 33.9 Å². The number of phenols is 1. The van der Waals surface area contributed by atoms with E-state index in [0.29, 0.717) is 5.69 Å². The SMILES string of the molecule is Cc1cc(I)ccc1NC(=O)COC(=O)c1ccc(NS(=O)(=O)c2cccs2)cc1O. The number of aromatic hydroxyl groups is 1. The second kappa shape index (κ2) is 9.66. The zero-order valence-corrected chi connectivity index (χ0v) is 19.9. The van der Waals surface area contributed by atoms with Crippen molar-refractivity contribution in [3.8, 4) is 5.75 Å². The van der Waals surface area contributed by atoms with Gasteiger partial charge in [-0.25, -0.2) is 13.2 Å². The fourth-order valence-corrected chi connectivity index (χ4v) is 5.24. The summed E-state index contributed by atoms with van der Waals surface area (Å²) in [4.78, 5) is 24.3. The highest BCUT2D eigenvalue weighted by Gasteiger charge is 2.19. The summed E-state index contributed by atoms with van der Waals surface area (Å²) in [7, 11) is -3.79. The lowest BCUT2D eigenvalue weighted by atomic mass is 10.2. The molecule has 0 aliphatic carbocycles. The van der Waals surface area contributed by atoms with Gasteiger partial charge in [0.2, 0.25) is 0 Å². The number of aryl methyl sites for hydroxylation is 1. The smallest absolute Gasteiger partial charge is 0.342 e. The minimum atomic E-state index is -3.79. The molecule has 2 aromatic carbocycles. The number of benzene rings is 2. The standard InChI is InChI=1S/C20H17IN2O6S2/c1-12-9-13(21)4-7-16(12)22-18(25)11-29-20(26)15-6-5-14(10-17(15)24)23-31(27,28)19-3-2-8-30-19/h2-10,23-24H,11H2,1H3,(H,22,25). The molecule has 0 radical (unpaired) electrons. The number of thiophene rings is 1. The minimum absolute atomic E-state index is 0.0781. The Balaban J connectivity index is 1.61. The van der Waals surface area contributed by atoms with Gasteiger partial charge >= 0.3 is 5.97 Å². The molecule has 1 aromatic heterocycles. The monoisotopic (exact) mass is 572 g/mol. The molecule has 1 heterocycles. The van der Waals surface area contributed by atoms with E-state index in [1.807, 2.05) is 19.1 Å². The summed E-state index contributed by atoms with van der Waals surface area (Å²) in [5.41, 5.74) is 1.35. The van der Waals surface area contributed by atoms with Crippen LogP contribution in [0, 0.1) is 10.5 Å². The van der Waals surface area contributed by atoms with E-state index in [0.717, 1.165) is 26.5 Å². The van der Waals surface area contributed by atoms with E-state index in [-0.39, 0.29) is 15.5 Å². The first-order valence-corrected chi connectivity index (χ1v) is 12.2. The van der Waals surface area contributed by atoms with Crippen LogP contribution in [0.5, 0.6) is 5.75 Å². The van der Waals surface area contributed by atoms with Crippen molar-refractivity contribution in [1.82, 2.24) is 0 Å². The lowest BCUT2D eigenvalue weighted by molar-refractivity contribution is -0.119. The molecular weight excluding hydrogens is 555 g/mol. The van der Waals surface area contributed by atoms with Gasteiger partial charge in [-0.2, -0.15) is 0 Å². The summed E-state index contributed by atoms with van der Waals surface area (Å²) in [6.07, 6.45) is 0. The molecule has 1 amide bonds. The van der Waals surface area contributed by atoms with Gasteiger partial charge in [0.15, 0.2) is 6.61 Å².